The zero-order chi connectivity index (χ0) is 17.9. The number of amides is 1. The highest BCUT2D eigenvalue weighted by Crippen LogP contribution is 2.25. The van der Waals surface area contributed by atoms with Crippen LogP contribution in [0.4, 0.5) is 10.8 Å². The fourth-order valence-corrected chi connectivity index (χ4v) is 3.73. The largest absolute Gasteiger partial charge is 0.356 e. The number of carbonyl (C=O) groups excluding carboxylic acids is 1. The van der Waals surface area contributed by atoms with Gasteiger partial charge in [0.05, 0.1) is 5.69 Å². The van der Waals surface area contributed by atoms with Crippen LogP contribution in [0.1, 0.15) is 18.5 Å². The van der Waals surface area contributed by atoms with Crippen molar-refractivity contribution >= 4 is 28.3 Å². The molecule has 0 bridgehead atoms. The molecule has 0 aliphatic carbocycles. The molecule has 0 unspecified atom stereocenters. The number of hydrogen-bond donors (Lipinski definition) is 1. The summed E-state index contributed by atoms with van der Waals surface area (Å²) >= 11 is 1.32. The van der Waals surface area contributed by atoms with Crippen molar-refractivity contribution in [1.29, 1.82) is 0 Å². The standard InChI is InChI=1S/C17H19N7OS/c1-12-8-16(26-22-12)21-17(25)13-2-5-23(6-3-13)14-9-15(20-10-19-14)24-7-4-18-11-24/h4,7-11,13H,2-3,5-6H2,1H3,(H,21,25). The molecule has 1 fully saturated rings. The predicted molar refractivity (Wildman–Crippen MR) is 99.6 cm³/mol. The lowest BCUT2D eigenvalue weighted by molar-refractivity contribution is -0.120. The lowest BCUT2D eigenvalue weighted by Crippen LogP contribution is -2.38. The van der Waals surface area contributed by atoms with Gasteiger partial charge in [-0.05, 0) is 37.4 Å². The van der Waals surface area contributed by atoms with Crippen molar-refractivity contribution < 1.29 is 4.79 Å². The van der Waals surface area contributed by atoms with Gasteiger partial charge >= 0.3 is 0 Å². The minimum Gasteiger partial charge on any atom is -0.356 e. The van der Waals surface area contributed by atoms with Crippen LogP contribution in [-0.2, 0) is 4.79 Å². The summed E-state index contributed by atoms with van der Waals surface area (Å²) < 4.78 is 6.04. The highest BCUT2D eigenvalue weighted by Gasteiger charge is 2.26. The van der Waals surface area contributed by atoms with Gasteiger partial charge in [-0.15, -0.1) is 0 Å². The Balaban J connectivity index is 1.37. The maximum atomic E-state index is 12.4. The molecule has 1 aliphatic heterocycles. The molecule has 1 amide bonds. The third-order valence-electron chi connectivity index (χ3n) is 4.47. The molecular weight excluding hydrogens is 350 g/mol. The van der Waals surface area contributed by atoms with E-state index in [1.54, 1.807) is 18.9 Å². The molecule has 3 aromatic rings. The fourth-order valence-electron chi connectivity index (χ4n) is 3.06. The number of rotatable bonds is 4. The Kier molecular flexibility index (Phi) is 4.61. The molecule has 4 heterocycles. The maximum absolute atomic E-state index is 12.4. The minimum atomic E-state index is 0.0172. The van der Waals surface area contributed by atoms with E-state index in [9.17, 15) is 4.79 Å². The average Bonchev–Trinajstić information content (AvgIpc) is 3.34. The third-order valence-corrected chi connectivity index (χ3v) is 5.27. The van der Waals surface area contributed by atoms with Gasteiger partial charge in [0.1, 0.15) is 29.3 Å². The second-order valence-corrected chi connectivity index (χ2v) is 7.09. The van der Waals surface area contributed by atoms with Crippen LogP contribution in [0.2, 0.25) is 0 Å². The molecule has 1 saturated heterocycles. The number of anilines is 2. The number of hydrogen-bond acceptors (Lipinski definition) is 7. The summed E-state index contributed by atoms with van der Waals surface area (Å²) in [7, 11) is 0. The Morgan fingerprint density at radius 1 is 1.23 bits per heavy atom. The molecule has 0 aromatic carbocycles. The first kappa shape index (κ1) is 16.6. The minimum absolute atomic E-state index is 0.0172. The molecule has 0 saturated carbocycles. The molecule has 8 nitrogen and oxygen atoms in total. The third kappa shape index (κ3) is 3.57. The Morgan fingerprint density at radius 3 is 2.73 bits per heavy atom. The number of aryl methyl sites for hydroxylation is 1. The molecule has 4 rings (SSSR count). The van der Waals surface area contributed by atoms with Crippen LogP contribution in [0, 0.1) is 12.8 Å². The molecule has 1 N–H and O–H groups in total. The molecule has 0 radical (unpaired) electrons. The first-order valence-corrected chi connectivity index (χ1v) is 9.26. The molecule has 3 aromatic heterocycles. The zero-order valence-electron chi connectivity index (χ0n) is 14.4. The van der Waals surface area contributed by atoms with Gasteiger partial charge in [-0.2, -0.15) is 4.37 Å². The van der Waals surface area contributed by atoms with E-state index in [2.05, 4.69) is 29.5 Å². The van der Waals surface area contributed by atoms with E-state index in [4.69, 9.17) is 0 Å². The monoisotopic (exact) mass is 369 g/mol. The van der Waals surface area contributed by atoms with Crippen LogP contribution in [-0.4, -0.2) is 42.9 Å². The van der Waals surface area contributed by atoms with Gasteiger partial charge in [0, 0.05) is 37.5 Å². The topological polar surface area (TPSA) is 88.8 Å². The SMILES string of the molecule is Cc1cc(NC(=O)C2CCN(c3cc(-n4ccnc4)ncn3)CC2)sn1. The summed E-state index contributed by atoms with van der Waals surface area (Å²) in [5, 5.41) is 3.79. The normalized spacial score (nSPS) is 15.2. The second-order valence-electron chi connectivity index (χ2n) is 6.29. The smallest absolute Gasteiger partial charge is 0.228 e. The zero-order valence-corrected chi connectivity index (χ0v) is 15.2. The van der Waals surface area contributed by atoms with Crippen LogP contribution in [0.5, 0.6) is 0 Å². The second kappa shape index (κ2) is 7.20. The van der Waals surface area contributed by atoms with Crippen molar-refractivity contribution in [3.63, 3.8) is 0 Å². The molecule has 26 heavy (non-hydrogen) atoms. The van der Waals surface area contributed by atoms with Crippen LogP contribution >= 0.6 is 11.5 Å². The Hall–Kier alpha value is -2.81. The molecule has 9 heteroatoms. The lowest BCUT2D eigenvalue weighted by Gasteiger charge is -2.32. The Labute approximate surface area is 155 Å². The van der Waals surface area contributed by atoms with Gasteiger partial charge < -0.3 is 10.2 Å². The van der Waals surface area contributed by atoms with Crippen LogP contribution in [0.15, 0.2) is 37.2 Å². The van der Waals surface area contributed by atoms with Crippen molar-refractivity contribution in [2.75, 3.05) is 23.3 Å². The number of piperidine rings is 1. The first-order chi connectivity index (χ1) is 12.7. The van der Waals surface area contributed by atoms with Gasteiger partial charge in [0.25, 0.3) is 0 Å². The van der Waals surface area contributed by atoms with E-state index in [1.807, 2.05) is 29.8 Å². The van der Waals surface area contributed by atoms with Crippen LogP contribution in [0.3, 0.4) is 0 Å². The van der Waals surface area contributed by atoms with Crippen molar-refractivity contribution in [3.8, 4) is 5.82 Å². The quantitative estimate of drug-likeness (QED) is 0.759. The van der Waals surface area contributed by atoms with Crippen molar-refractivity contribution in [2.45, 2.75) is 19.8 Å². The summed E-state index contributed by atoms with van der Waals surface area (Å²) in [5.41, 5.74) is 0.928. The summed E-state index contributed by atoms with van der Waals surface area (Å²) in [6.07, 6.45) is 8.45. The Bertz CT molecular complexity index is 884. The number of imidazole rings is 1. The number of nitrogens with one attached hydrogen (secondary N) is 1. The molecule has 1 aliphatic rings. The highest BCUT2D eigenvalue weighted by atomic mass is 32.1. The summed E-state index contributed by atoms with van der Waals surface area (Å²) in [6.45, 7) is 3.50. The van der Waals surface area contributed by atoms with Gasteiger partial charge in [-0.25, -0.2) is 15.0 Å². The summed E-state index contributed by atoms with van der Waals surface area (Å²) in [6, 6.07) is 3.85. The molecule has 0 atom stereocenters. The summed E-state index contributed by atoms with van der Waals surface area (Å²) in [5.74, 6) is 1.76. The Morgan fingerprint density at radius 2 is 2.04 bits per heavy atom. The predicted octanol–water partition coefficient (Wildman–Crippen LogP) is 2.28. The van der Waals surface area contributed by atoms with Crippen molar-refractivity contribution in [3.05, 3.63) is 42.9 Å². The van der Waals surface area contributed by atoms with Crippen molar-refractivity contribution in [2.24, 2.45) is 5.92 Å². The first-order valence-electron chi connectivity index (χ1n) is 8.48. The van der Waals surface area contributed by atoms with E-state index in [1.165, 1.54) is 11.5 Å². The summed E-state index contributed by atoms with van der Waals surface area (Å²) in [4.78, 5) is 27.4. The number of carbonyl (C=O) groups is 1. The number of aromatic nitrogens is 5. The van der Waals surface area contributed by atoms with Gasteiger partial charge in [-0.1, -0.05) is 0 Å². The fraction of sp³-hybridized carbons (Fsp3) is 0.353. The molecular formula is C17H19N7OS. The van der Waals surface area contributed by atoms with E-state index < -0.39 is 0 Å². The number of nitrogens with zero attached hydrogens (tertiary/aromatic N) is 6. The van der Waals surface area contributed by atoms with E-state index in [0.717, 1.165) is 48.3 Å². The lowest BCUT2D eigenvalue weighted by atomic mass is 9.96. The van der Waals surface area contributed by atoms with Gasteiger partial charge in [-0.3, -0.25) is 9.36 Å². The van der Waals surface area contributed by atoms with Crippen LogP contribution < -0.4 is 10.2 Å². The van der Waals surface area contributed by atoms with Gasteiger partial charge in [0.2, 0.25) is 5.91 Å². The van der Waals surface area contributed by atoms with Gasteiger partial charge in [0.15, 0.2) is 0 Å². The average molecular weight is 369 g/mol. The van der Waals surface area contributed by atoms with Crippen LogP contribution in [0.25, 0.3) is 5.82 Å². The highest BCUT2D eigenvalue weighted by molar-refractivity contribution is 7.10. The van der Waals surface area contributed by atoms with E-state index in [0.29, 0.717) is 0 Å². The maximum Gasteiger partial charge on any atom is 0.228 e. The molecule has 134 valence electrons. The molecule has 0 spiro atoms. The van der Waals surface area contributed by atoms with Crippen molar-refractivity contribution in [1.82, 2.24) is 23.9 Å². The van der Waals surface area contributed by atoms with E-state index >= 15 is 0 Å². The van der Waals surface area contributed by atoms with E-state index in [-0.39, 0.29) is 11.8 Å².